The molecule has 2 heteroatoms. The fourth-order valence-corrected chi connectivity index (χ4v) is 2.85. The number of piperidine rings is 1. The van der Waals surface area contributed by atoms with Crippen LogP contribution < -0.4 is 5.32 Å². The van der Waals surface area contributed by atoms with Gasteiger partial charge < -0.3 is 10.2 Å². The van der Waals surface area contributed by atoms with E-state index in [2.05, 4.69) is 54.5 Å². The zero-order valence-corrected chi connectivity index (χ0v) is 12.4. The average Bonchev–Trinajstić information content (AvgIpc) is 2.46. The highest BCUT2D eigenvalue weighted by atomic mass is 15.1. The summed E-state index contributed by atoms with van der Waals surface area (Å²) in [5.41, 5.74) is 1.47. The highest BCUT2D eigenvalue weighted by Gasteiger charge is 2.17. The lowest BCUT2D eigenvalue weighted by molar-refractivity contribution is 0.229. The summed E-state index contributed by atoms with van der Waals surface area (Å²) < 4.78 is 0. The second kappa shape index (κ2) is 7.66. The molecule has 1 aromatic carbocycles. The molecule has 0 radical (unpaired) electrons. The number of rotatable bonds is 6. The maximum Gasteiger partial charge on any atom is 0.00915 e. The van der Waals surface area contributed by atoms with Gasteiger partial charge in [-0.2, -0.15) is 0 Å². The van der Waals surface area contributed by atoms with Crippen molar-refractivity contribution < 1.29 is 0 Å². The van der Waals surface area contributed by atoms with E-state index in [1.54, 1.807) is 0 Å². The Balaban J connectivity index is 1.73. The summed E-state index contributed by atoms with van der Waals surface area (Å²) in [5.74, 6) is 0.766. The zero-order chi connectivity index (χ0) is 13.5. The zero-order valence-electron chi connectivity index (χ0n) is 12.4. The van der Waals surface area contributed by atoms with Gasteiger partial charge in [0.1, 0.15) is 0 Å². The molecule has 0 unspecified atom stereocenters. The summed E-state index contributed by atoms with van der Waals surface area (Å²) in [5, 5.41) is 3.79. The molecule has 106 valence electrons. The van der Waals surface area contributed by atoms with Gasteiger partial charge in [0.05, 0.1) is 0 Å². The van der Waals surface area contributed by atoms with Crippen LogP contribution in [0.1, 0.15) is 31.7 Å². The molecule has 1 saturated heterocycles. The molecule has 2 nitrogen and oxygen atoms in total. The molecule has 19 heavy (non-hydrogen) atoms. The number of hydrogen-bond acceptors (Lipinski definition) is 2. The molecule has 0 bridgehead atoms. The molecule has 0 saturated carbocycles. The van der Waals surface area contributed by atoms with Gasteiger partial charge in [-0.3, -0.25) is 0 Å². The van der Waals surface area contributed by atoms with Crippen molar-refractivity contribution in [1.29, 1.82) is 0 Å². The van der Waals surface area contributed by atoms with Crippen molar-refractivity contribution >= 4 is 0 Å². The van der Waals surface area contributed by atoms with Gasteiger partial charge in [-0.1, -0.05) is 43.7 Å². The molecule has 0 aromatic heterocycles. The van der Waals surface area contributed by atoms with E-state index in [1.165, 1.54) is 50.9 Å². The van der Waals surface area contributed by atoms with Crippen LogP contribution in [0.4, 0.5) is 0 Å². The minimum absolute atomic E-state index is 0.737. The van der Waals surface area contributed by atoms with E-state index < -0.39 is 0 Å². The van der Waals surface area contributed by atoms with E-state index in [0.29, 0.717) is 0 Å². The SMILES string of the molecule is CC[C@@H](CNC1CCN(C)CC1)Cc1ccccc1. The van der Waals surface area contributed by atoms with E-state index in [4.69, 9.17) is 0 Å². The van der Waals surface area contributed by atoms with Crippen molar-refractivity contribution in [3.8, 4) is 0 Å². The Morgan fingerprint density at radius 2 is 1.89 bits per heavy atom. The van der Waals surface area contributed by atoms with E-state index >= 15 is 0 Å². The second-order valence-electron chi connectivity index (χ2n) is 5.95. The highest BCUT2D eigenvalue weighted by Crippen LogP contribution is 2.13. The van der Waals surface area contributed by atoms with Crippen LogP contribution in [-0.4, -0.2) is 37.6 Å². The molecule has 2 rings (SSSR count). The first-order valence-electron chi connectivity index (χ1n) is 7.73. The van der Waals surface area contributed by atoms with E-state index in [1.807, 2.05) is 0 Å². The maximum absolute atomic E-state index is 3.79. The summed E-state index contributed by atoms with van der Waals surface area (Å²) in [7, 11) is 2.22. The van der Waals surface area contributed by atoms with Crippen LogP contribution in [0, 0.1) is 5.92 Å². The molecule has 1 aromatic rings. The van der Waals surface area contributed by atoms with Crippen LogP contribution in [0.15, 0.2) is 30.3 Å². The van der Waals surface area contributed by atoms with E-state index in [9.17, 15) is 0 Å². The number of nitrogens with one attached hydrogen (secondary N) is 1. The van der Waals surface area contributed by atoms with Gasteiger partial charge >= 0.3 is 0 Å². The monoisotopic (exact) mass is 260 g/mol. The van der Waals surface area contributed by atoms with Crippen LogP contribution in [0.25, 0.3) is 0 Å². The molecule has 1 aliphatic rings. The standard InChI is InChI=1S/C17H28N2/c1-3-15(13-16-7-5-4-6-8-16)14-18-17-9-11-19(2)12-10-17/h4-8,15,17-18H,3,9-14H2,1-2H3/t15-/m1/s1. The van der Waals surface area contributed by atoms with Crippen LogP contribution >= 0.6 is 0 Å². The van der Waals surface area contributed by atoms with Crippen molar-refractivity contribution in [1.82, 2.24) is 10.2 Å². The topological polar surface area (TPSA) is 15.3 Å². The van der Waals surface area contributed by atoms with Gasteiger partial charge in [-0.15, -0.1) is 0 Å². The number of likely N-dealkylation sites (tertiary alicyclic amines) is 1. The van der Waals surface area contributed by atoms with Crippen molar-refractivity contribution in [2.45, 2.75) is 38.6 Å². The Morgan fingerprint density at radius 3 is 2.53 bits per heavy atom. The first kappa shape index (κ1) is 14.5. The van der Waals surface area contributed by atoms with Crippen LogP contribution in [0.3, 0.4) is 0 Å². The third-order valence-electron chi connectivity index (χ3n) is 4.36. The molecule has 1 heterocycles. The van der Waals surface area contributed by atoms with Gasteiger partial charge in [0.15, 0.2) is 0 Å². The summed E-state index contributed by atoms with van der Waals surface area (Å²) in [6.45, 7) is 5.96. The fourth-order valence-electron chi connectivity index (χ4n) is 2.85. The molecule has 1 aliphatic heterocycles. The Kier molecular flexibility index (Phi) is 5.87. The van der Waals surface area contributed by atoms with Gasteiger partial charge in [0.25, 0.3) is 0 Å². The minimum Gasteiger partial charge on any atom is -0.314 e. The Labute approximate surface area is 118 Å². The third-order valence-corrected chi connectivity index (χ3v) is 4.36. The molecule has 1 N–H and O–H groups in total. The Hall–Kier alpha value is -0.860. The van der Waals surface area contributed by atoms with Crippen molar-refractivity contribution in [3.63, 3.8) is 0 Å². The smallest absolute Gasteiger partial charge is 0.00915 e. The highest BCUT2D eigenvalue weighted by molar-refractivity contribution is 5.15. The van der Waals surface area contributed by atoms with Crippen molar-refractivity contribution in [3.05, 3.63) is 35.9 Å². The molecule has 0 amide bonds. The lowest BCUT2D eigenvalue weighted by Gasteiger charge is -2.30. The quantitative estimate of drug-likeness (QED) is 0.846. The van der Waals surface area contributed by atoms with Gasteiger partial charge in [0.2, 0.25) is 0 Å². The normalized spacial score (nSPS) is 19.5. The first-order chi connectivity index (χ1) is 9.28. The maximum atomic E-state index is 3.79. The van der Waals surface area contributed by atoms with Crippen LogP contribution in [0.2, 0.25) is 0 Å². The first-order valence-corrected chi connectivity index (χ1v) is 7.73. The number of hydrogen-bond donors (Lipinski definition) is 1. The van der Waals surface area contributed by atoms with Crippen LogP contribution in [-0.2, 0) is 6.42 Å². The fraction of sp³-hybridized carbons (Fsp3) is 0.647. The Morgan fingerprint density at radius 1 is 1.21 bits per heavy atom. The van der Waals surface area contributed by atoms with Crippen LogP contribution in [0.5, 0.6) is 0 Å². The second-order valence-corrected chi connectivity index (χ2v) is 5.95. The molecule has 0 aliphatic carbocycles. The minimum atomic E-state index is 0.737. The molecule has 0 spiro atoms. The summed E-state index contributed by atoms with van der Waals surface area (Å²) in [6, 6.07) is 11.6. The van der Waals surface area contributed by atoms with Crippen molar-refractivity contribution in [2.24, 2.45) is 5.92 Å². The molecule has 1 atom stereocenters. The average molecular weight is 260 g/mol. The lowest BCUT2D eigenvalue weighted by Crippen LogP contribution is -2.42. The van der Waals surface area contributed by atoms with Crippen molar-refractivity contribution in [2.75, 3.05) is 26.7 Å². The number of nitrogens with zero attached hydrogens (tertiary/aromatic N) is 1. The molecule has 1 fully saturated rings. The van der Waals surface area contributed by atoms with Gasteiger partial charge in [-0.25, -0.2) is 0 Å². The largest absolute Gasteiger partial charge is 0.314 e. The Bertz CT molecular complexity index is 342. The number of benzene rings is 1. The summed E-state index contributed by atoms with van der Waals surface area (Å²) >= 11 is 0. The third kappa shape index (κ3) is 4.96. The van der Waals surface area contributed by atoms with Gasteiger partial charge in [0, 0.05) is 6.04 Å². The van der Waals surface area contributed by atoms with Gasteiger partial charge in [-0.05, 0) is 57.4 Å². The molecular formula is C17H28N2. The summed E-state index contributed by atoms with van der Waals surface area (Å²) in [6.07, 6.45) is 5.07. The predicted octanol–water partition coefficient (Wildman–Crippen LogP) is 2.94. The van der Waals surface area contributed by atoms with E-state index in [0.717, 1.165) is 12.0 Å². The molecular weight excluding hydrogens is 232 g/mol. The lowest BCUT2D eigenvalue weighted by atomic mass is 9.96. The predicted molar refractivity (Wildman–Crippen MR) is 82.4 cm³/mol. The van der Waals surface area contributed by atoms with E-state index in [-0.39, 0.29) is 0 Å². The summed E-state index contributed by atoms with van der Waals surface area (Å²) in [4.78, 5) is 2.43.